The Morgan fingerprint density at radius 2 is 2.14 bits per heavy atom. The second-order valence-corrected chi connectivity index (χ2v) is 1.27. The molecular formula is C5H6BN. The standard InChI is InChI=1S/C5H6BN/c1-2-4-6-7-5-3-1/h1-5,7H. The van der Waals surface area contributed by atoms with E-state index in [9.17, 15) is 0 Å². The van der Waals surface area contributed by atoms with Gasteiger partial charge in [-0.1, -0.05) is 0 Å². The molecule has 0 aromatic rings. The Balaban J connectivity index is 2.60. The minimum absolute atomic E-state index is 1.88. The van der Waals surface area contributed by atoms with Crippen molar-refractivity contribution in [3.8, 4) is 0 Å². The molecule has 7 heavy (non-hydrogen) atoms. The zero-order chi connectivity index (χ0) is 4.95. The van der Waals surface area contributed by atoms with Crippen molar-refractivity contribution in [2.45, 2.75) is 0 Å². The quantitative estimate of drug-likeness (QED) is 0.416. The van der Waals surface area contributed by atoms with E-state index >= 15 is 0 Å². The summed E-state index contributed by atoms with van der Waals surface area (Å²) in [7, 11) is 1.88. The maximum absolute atomic E-state index is 2.92. The van der Waals surface area contributed by atoms with Gasteiger partial charge in [-0.05, 0) is 0 Å². The predicted octanol–water partition coefficient (Wildman–Crippen LogP) is 0.0809. The molecule has 0 amide bonds. The molecule has 0 saturated heterocycles. The van der Waals surface area contributed by atoms with Crippen LogP contribution in [0.15, 0.2) is 24.4 Å². The molecule has 0 fully saturated rings. The van der Waals surface area contributed by atoms with Gasteiger partial charge in [0.1, 0.15) is 0 Å². The average Bonchev–Trinajstić information content (AvgIpc) is 1.90. The number of hydrogen-bond donors (Lipinski definition) is 1. The van der Waals surface area contributed by atoms with Crippen LogP contribution in [0.5, 0.6) is 0 Å². The van der Waals surface area contributed by atoms with E-state index in [4.69, 9.17) is 0 Å². The molecule has 1 nitrogen and oxygen atoms in total. The van der Waals surface area contributed by atoms with Gasteiger partial charge in [-0.25, -0.2) is 0 Å². The van der Waals surface area contributed by atoms with Gasteiger partial charge in [0, 0.05) is 0 Å². The van der Waals surface area contributed by atoms with Gasteiger partial charge in [-0.15, -0.1) is 0 Å². The van der Waals surface area contributed by atoms with E-state index in [1.165, 1.54) is 0 Å². The van der Waals surface area contributed by atoms with Crippen molar-refractivity contribution in [1.29, 1.82) is 0 Å². The van der Waals surface area contributed by atoms with E-state index in [0.717, 1.165) is 0 Å². The van der Waals surface area contributed by atoms with Crippen LogP contribution in [-0.4, -0.2) is 13.0 Å². The van der Waals surface area contributed by atoms with Gasteiger partial charge < -0.3 is 0 Å². The Morgan fingerprint density at radius 1 is 1.14 bits per heavy atom. The summed E-state index contributed by atoms with van der Waals surface area (Å²) < 4.78 is 0. The zero-order valence-corrected chi connectivity index (χ0v) is 3.96. The molecule has 1 aliphatic rings. The van der Waals surface area contributed by atoms with Crippen LogP contribution in [0.1, 0.15) is 0 Å². The van der Waals surface area contributed by atoms with Crippen LogP contribution in [0.3, 0.4) is 0 Å². The van der Waals surface area contributed by atoms with Crippen molar-refractivity contribution in [2.75, 3.05) is 0 Å². The van der Waals surface area contributed by atoms with Crippen LogP contribution in [0.25, 0.3) is 0 Å². The fraction of sp³-hybridized carbons (Fsp3) is 0. The van der Waals surface area contributed by atoms with E-state index in [0.29, 0.717) is 0 Å². The van der Waals surface area contributed by atoms with Gasteiger partial charge in [0.2, 0.25) is 0 Å². The average molecular weight is 90.9 g/mol. The van der Waals surface area contributed by atoms with Gasteiger partial charge in [0.25, 0.3) is 0 Å². The molecule has 2 heteroatoms. The summed E-state index contributed by atoms with van der Waals surface area (Å²) in [4.78, 5) is 0. The summed E-state index contributed by atoms with van der Waals surface area (Å²) in [5.74, 6) is 1.94. The van der Waals surface area contributed by atoms with Crippen LogP contribution in [0.2, 0.25) is 0 Å². The Bertz CT molecular complexity index is 110. The number of nitrogens with one attached hydrogen (secondary N) is 1. The van der Waals surface area contributed by atoms with Crippen LogP contribution in [-0.2, 0) is 0 Å². The number of hydrogen-bond acceptors (Lipinski definition) is 1. The Labute approximate surface area is 43.7 Å². The maximum atomic E-state index is 2.92. The van der Waals surface area contributed by atoms with Gasteiger partial charge >= 0.3 is 42.7 Å². The second-order valence-electron chi connectivity index (χ2n) is 1.27. The molecule has 0 aromatic carbocycles. The second kappa shape index (κ2) is 2.40. The molecule has 0 unspecified atom stereocenters. The topological polar surface area (TPSA) is 12.0 Å². The molecule has 0 radical (unpaired) electrons. The third kappa shape index (κ3) is 1.40. The van der Waals surface area contributed by atoms with Crippen LogP contribution < -0.4 is 5.23 Å². The van der Waals surface area contributed by atoms with Crippen LogP contribution in [0, 0.1) is 0 Å². The van der Waals surface area contributed by atoms with E-state index in [1.807, 2.05) is 37.5 Å². The van der Waals surface area contributed by atoms with Gasteiger partial charge in [-0.3, -0.25) is 0 Å². The molecular weight excluding hydrogens is 84.9 g/mol. The van der Waals surface area contributed by atoms with Crippen molar-refractivity contribution in [2.24, 2.45) is 0 Å². The molecule has 1 aliphatic heterocycles. The summed E-state index contributed by atoms with van der Waals surface area (Å²) in [6.07, 6.45) is 7.76. The normalized spacial score (nSPS) is 14.9. The van der Waals surface area contributed by atoms with Crippen LogP contribution in [0.4, 0.5) is 0 Å². The van der Waals surface area contributed by atoms with Crippen molar-refractivity contribution in [1.82, 2.24) is 5.23 Å². The monoisotopic (exact) mass is 91.1 g/mol. The third-order valence-corrected chi connectivity index (χ3v) is 0.718. The Kier molecular flexibility index (Phi) is 1.50. The summed E-state index contributed by atoms with van der Waals surface area (Å²) in [6, 6.07) is 0. The molecule has 1 N–H and O–H groups in total. The Morgan fingerprint density at radius 3 is 3.14 bits per heavy atom. The van der Waals surface area contributed by atoms with E-state index in [-0.39, 0.29) is 0 Å². The molecule has 0 spiro atoms. The van der Waals surface area contributed by atoms with Crippen molar-refractivity contribution >= 4 is 13.0 Å². The molecule has 1 rings (SSSR count). The van der Waals surface area contributed by atoms with E-state index in [1.54, 1.807) is 0 Å². The zero-order valence-electron chi connectivity index (χ0n) is 3.96. The van der Waals surface area contributed by atoms with Crippen molar-refractivity contribution < 1.29 is 0 Å². The minimum atomic E-state index is 1.88. The summed E-state index contributed by atoms with van der Waals surface area (Å²) in [6.45, 7) is 0. The molecule has 0 saturated carbocycles. The first-order valence-corrected chi connectivity index (χ1v) is 2.24. The fourth-order valence-corrected chi connectivity index (χ4v) is 0.406. The predicted molar refractivity (Wildman–Crippen MR) is 33.2 cm³/mol. The van der Waals surface area contributed by atoms with Crippen molar-refractivity contribution in [3.05, 3.63) is 24.4 Å². The molecule has 0 atom stereocenters. The molecule has 1 heterocycles. The van der Waals surface area contributed by atoms with Gasteiger partial charge in [0.05, 0.1) is 0 Å². The first-order chi connectivity index (χ1) is 3.50. The molecule has 0 aliphatic carbocycles. The first kappa shape index (κ1) is 4.38. The Hall–Kier alpha value is -0.785. The summed E-state index contributed by atoms with van der Waals surface area (Å²) in [5, 5.41) is 2.92. The van der Waals surface area contributed by atoms with Gasteiger partial charge in [0.15, 0.2) is 0 Å². The summed E-state index contributed by atoms with van der Waals surface area (Å²) in [5.41, 5.74) is 0. The first-order valence-electron chi connectivity index (χ1n) is 2.24. The fourth-order valence-electron chi connectivity index (χ4n) is 0.406. The van der Waals surface area contributed by atoms with E-state index < -0.39 is 0 Å². The molecule has 34 valence electrons. The third-order valence-electron chi connectivity index (χ3n) is 0.718. The SMILES string of the molecule is B1=CC=CC=CN1. The number of rotatable bonds is 0. The van der Waals surface area contributed by atoms with Gasteiger partial charge in [-0.2, -0.15) is 0 Å². The molecule has 0 bridgehead atoms. The van der Waals surface area contributed by atoms with E-state index in [2.05, 4.69) is 5.23 Å². The number of allylic oxidation sites excluding steroid dienone is 3. The van der Waals surface area contributed by atoms with Crippen LogP contribution >= 0.6 is 0 Å². The molecule has 0 aromatic heterocycles. The summed E-state index contributed by atoms with van der Waals surface area (Å²) >= 11 is 0. The van der Waals surface area contributed by atoms with Crippen molar-refractivity contribution in [3.63, 3.8) is 0 Å².